The normalized spacial score (nSPS) is 23.7. The first-order valence-electron chi connectivity index (χ1n) is 3.32. The van der Waals surface area contributed by atoms with E-state index in [1.165, 1.54) is 4.90 Å². The predicted molar refractivity (Wildman–Crippen MR) is 43.1 cm³/mol. The molecule has 4 nitrogen and oxygen atoms in total. The summed E-state index contributed by atoms with van der Waals surface area (Å²) in [7, 11) is 0. The van der Waals surface area contributed by atoms with Gasteiger partial charge in [0, 0.05) is 5.75 Å². The van der Waals surface area contributed by atoms with E-state index in [1.54, 1.807) is 11.8 Å². The predicted octanol–water partition coefficient (Wildman–Crippen LogP) is -0.954. The Morgan fingerprint density at radius 2 is 2.55 bits per heavy atom. The first kappa shape index (κ1) is 8.55. The molecule has 1 atom stereocenters. The highest BCUT2D eigenvalue weighted by molar-refractivity contribution is 7.99. The highest BCUT2D eigenvalue weighted by Gasteiger charge is 2.27. The largest absolute Gasteiger partial charge is 0.322 e. The van der Waals surface area contributed by atoms with E-state index >= 15 is 0 Å². The lowest BCUT2D eigenvalue weighted by Crippen LogP contribution is -2.41. The first-order chi connectivity index (χ1) is 5.29. The van der Waals surface area contributed by atoms with Crippen molar-refractivity contribution in [3.8, 4) is 0 Å². The van der Waals surface area contributed by atoms with Crippen LogP contribution in [-0.4, -0.2) is 41.3 Å². The zero-order valence-corrected chi connectivity index (χ0v) is 6.84. The van der Waals surface area contributed by atoms with E-state index in [0.717, 1.165) is 6.29 Å². The number of carbonyl (C=O) groups is 2. The minimum Gasteiger partial charge on any atom is -0.322 e. The summed E-state index contributed by atoms with van der Waals surface area (Å²) in [6.07, 6.45) is 0.799. The van der Waals surface area contributed by atoms with Gasteiger partial charge in [-0.15, -0.1) is 11.8 Å². The fourth-order valence-corrected chi connectivity index (χ4v) is 2.08. The first-order valence-corrected chi connectivity index (χ1v) is 4.47. The highest BCUT2D eigenvalue weighted by atomic mass is 32.2. The van der Waals surface area contributed by atoms with Crippen molar-refractivity contribution in [3.63, 3.8) is 0 Å². The zero-order valence-electron chi connectivity index (χ0n) is 6.03. The molecule has 1 heterocycles. The molecule has 62 valence electrons. The summed E-state index contributed by atoms with van der Waals surface area (Å²) in [5.74, 6) is 1.15. The van der Waals surface area contributed by atoms with E-state index in [1.807, 2.05) is 0 Å². The molecular weight excluding hydrogens is 164 g/mol. The second-order valence-electron chi connectivity index (χ2n) is 2.27. The molecule has 0 aromatic heterocycles. The van der Waals surface area contributed by atoms with Crippen LogP contribution in [0, 0.1) is 0 Å². The van der Waals surface area contributed by atoms with Crippen LogP contribution in [0.5, 0.6) is 0 Å². The van der Waals surface area contributed by atoms with Crippen LogP contribution in [0.25, 0.3) is 0 Å². The number of thioether (sulfide) groups is 1. The van der Waals surface area contributed by atoms with Crippen LogP contribution in [0.2, 0.25) is 0 Å². The molecule has 0 aromatic carbocycles. The molecular formula is C6H10N2O2S. The van der Waals surface area contributed by atoms with Crippen LogP contribution in [0.3, 0.4) is 0 Å². The smallest absolute Gasteiger partial charge is 0.237 e. The third kappa shape index (κ3) is 1.72. The maximum atomic E-state index is 11.0. The van der Waals surface area contributed by atoms with Crippen molar-refractivity contribution >= 4 is 24.0 Å². The van der Waals surface area contributed by atoms with Crippen molar-refractivity contribution in [2.75, 3.05) is 18.2 Å². The minimum atomic E-state index is -0.254. The van der Waals surface area contributed by atoms with Gasteiger partial charge >= 0.3 is 0 Å². The Morgan fingerprint density at radius 3 is 3.09 bits per heavy atom. The molecule has 1 amide bonds. The molecule has 1 fully saturated rings. The van der Waals surface area contributed by atoms with Gasteiger partial charge < -0.3 is 15.4 Å². The fourth-order valence-electron chi connectivity index (χ4n) is 0.944. The molecule has 2 N–H and O–H groups in total. The summed E-state index contributed by atoms with van der Waals surface area (Å²) >= 11 is 1.58. The number of rotatable bonds is 2. The maximum Gasteiger partial charge on any atom is 0.237 e. The average Bonchev–Trinajstić information content (AvgIpc) is 2.50. The molecule has 1 aliphatic heterocycles. The second kappa shape index (κ2) is 3.73. The Hall–Kier alpha value is -0.550. The summed E-state index contributed by atoms with van der Waals surface area (Å²) < 4.78 is 0. The lowest BCUT2D eigenvalue weighted by Gasteiger charge is -2.17. The van der Waals surface area contributed by atoms with Crippen LogP contribution in [0.15, 0.2) is 0 Å². The van der Waals surface area contributed by atoms with Gasteiger partial charge in [0.1, 0.15) is 6.29 Å². The third-order valence-corrected chi connectivity index (χ3v) is 2.61. The molecule has 1 rings (SSSR count). The Morgan fingerprint density at radius 1 is 1.82 bits per heavy atom. The molecule has 5 heteroatoms. The molecule has 1 aliphatic rings. The number of nitrogens with zero attached hydrogens (tertiary/aromatic N) is 1. The van der Waals surface area contributed by atoms with Crippen LogP contribution in [0.1, 0.15) is 0 Å². The van der Waals surface area contributed by atoms with Gasteiger partial charge in [-0.25, -0.2) is 0 Å². The van der Waals surface area contributed by atoms with Gasteiger partial charge in [0.05, 0.1) is 18.5 Å². The van der Waals surface area contributed by atoms with Crippen LogP contribution in [0.4, 0.5) is 0 Å². The Bertz CT molecular complexity index is 174. The van der Waals surface area contributed by atoms with Crippen molar-refractivity contribution in [1.29, 1.82) is 0 Å². The monoisotopic (exact) mass is 174 g/mol. The molecule has 0 unspecified atom stereocenters. The number of hydrogen-bond acceptors (Lipinski definition) is 4. The van der Waals surface area contributed by atoms with E-state index in [-0.39, 0.29) is 18.5 Å². The Balaban J connectivity index is 2.56. The second-order valence-corrected chi connectivity index (χ2v) is 3.27. The van der Waals surface area contributed by atoms with Crippen molar-refractivity contribution in [1.82, 2.24) is 4.90 Å². The molecule has 1 saturated heterocycles. The molecule has 0 aromatic rings. The van der Waals surface area contributed by atoms with Crippen LogP contribution < -0.4 is 5.73 Å². The molecule has 0 aliphatic carbocycles. The van der Waals surface area contributed by atoms with Gasteiger partial charge in [0.2, 0.25) is 5.91 Å². The van der Waals surface area contributed by atoms with Gasteiger partial charge in [-0.1, -0.05) is 0 Å². The Kier molecular flexibility index (Phi) is 2.90. The fraction of sp³-hybridized carbons (Fsp3) is 0.667. The molecule has 0 radical (unpaired) electrons. The van der Waals surface area contributed by atoms with Crippen LogP contribution in [-0.2, 0) is 9.59 Å². The number of nitrogens with two attached hydrogens (primary N) is 1. The van der Waals surface area contributed by atoms with E-state index in [4.69, 9.17) is 5.73 Å². The van der Waals surface area contributed by atoms with E-state index < -0.39 is 0 Å². The lowest BCUT2D eigenvalue weighted by atomic mass is 10.3. The van der Waals surface area contributed by atoms with E-state index in [0.29, 0.717) is 11.6 Å². The topological polar surface area (TPSA) is 63.4 Å². The van der Waals surface area contributed by atoms with Crippen molar-refractivity contribution in [2.24, 2.45) is 5.73 Å². The van der Waals surface area contributed by atoms with Gasteiger partial charge in [0.25, 0.3) is 0 Å². The van der Waals surface area contributed by atoms with Gasteiger partial charge in [-0.3, -0.25) is 4.79 Å². The summed E-state index contributed by atoms with van der Waals surface area (Å²) in [5.41, 5.74) is 5.15. The van der Waals surface area contributed by atoms with Gasteiger partial charge in [0.15, 0.2) is 0 Å². The van der Waals surface area contributed by atoms with Crippen molar-refractivity contribution in [2.45, 2.75) is 6.04 Å². The summed E-state index contributed by atoms with van der Waals surface area (Å²) in [6, 6.07) is -0.254. The quantitative estimate of drug-likeness (QED) is 0.548. The summed E-state index contributed by atoms with van der Waals surface area (Å²) in [5, 5.41) is 0. The third-order valence-electron chi connectivity index (χ3n) is 1.57. The van der Waals surface area contributed by atoms with Crippen LogP contribution >= 0.6 is 11.8 Å². The number of hydrogen-bond donors (Lipinski definition) is 1. The van der Waals surface area contributed by atoms with Gasteiger partial charge in [-0.2, -0.15) is 0 Å². The highest BCUT2D eigenvalue weighted by Crippen LogP contribution is 2.18. The number of carbonyl (C=O) groups excluding carboxylic acids is 2. The zero-order chi connectivity index (χ0) is 8.27. The molecule has 0 bridgehead atoms. The van der Waals surface area contributed by atoms with Gasteiger partial charge in [-0.05, 0) is 0 Å². The standard InChI is InChI=1S/C6H10N2O2S/c7-1-6(10)8-4-11-3-5(8)2-9/h2,5H,1,3-4,7H2/t5-/m1/s1. The lowest BCUT2D eigenvalue weighted by molar-refractivity contribution is -0.132. The van der Waals surface area contributed by atoms with Crippen molar-refractivity contribution < 1.29 is 9.59 Å². The number of aldehydes is 1. The van der Waals surface area contributed by atoms with Crippen molar-refractivity contribution in [3.05, 3.63) is 0 Å². The number of amides is 1. The maximum absolute atomic E-state index is 11.0. The Labute approximate surface area is 69.1 Å². The molecule has 0 spiro atoms. The molecule has 0 saturated carbocycles. The SMILES string of the molecule is NCC(=O)N1CSC[C@H]1C=O. The molecule has 11 heavy (non-hydrogen) atoms. The van der Waals surface area contributed by atoms with E-state index in [2.05, 4.69) is 0 Å². The minimum absolute atomic E-state index is 0.00903. The average molecular weight is 174 g/mol. The summed E-state index contributed by atoms with van der Waals surface area (Å²) in [4.78, 5) is 22.9. The van der Waals surface area contributed by atoms with E-state index in [9.17, 15) is 9.59 Å². The summed E-state index contributed by atoms with van der Waals surface area (Å²) in [6.45, 7) is -0.00903.